The molecule has 0 bridgehead atoms. The first-order valence-corrected chi connectivity index (χ1v) is 6.04. The second-order valence-electron chi connectivity index (χ2n) is 4.80. The summed E-state index contributed by atoms with van der Waals surface area (Å²) in [5, 5.41) is 3.52. The highest BCUT2D eigenvalue weighted by atomic mass is 16.5. The fraction of sp³-hybridized carbons (Fsp3) is 0.538. The van der Waals surface area contributed by atoms with Crippen molar-refractivity contribution in [2.45, 2.75) is 25.9 Å². The molecule has 0 amide bonds. The van der Waals surface area contributed by atoms with E-state index in [2.05, 4.69) is 30.1 Å². The van der Waals surface area contributed by atoms with Crippen molar-refractivity contribution in [3.8, 4) is 5.75 Å². The fourth-order valence-electron chi connectivity index (χ4n) is 2.46. The van der Waals surface area contributed by atoms with Crippen LogP contribution in [0, 0.1) is 0 Å². The highest BCUT2D eigenvalue weighted by Crippen LogP contribution is 2.27. The van der Waals surface area contributed by atoms with E-state index in [9.17, 15) is 0 Å². The smallest absolute Gasteiger partial charge is 0.141 e. The molecule has 1 aromatic carbocycles. The average molecular weight is 235 g/mol. The number of nitrogens with two attached hydrogens (primary N) is 1. The molecule has 0 saturated carbocycles. The van der Waals surface area contributed by atoms with Gasteiger partial charge in [-0.25, -0.2) is 0 Å². The molecule has 4 nitrogen and oxygen atoms in total. The van der Waals surface area contributed by atoms with Gasteiger partial charge in [-0.1, -0.05) is 0 Å². The molecule has 2 rings (SSSR count). The number of hydrogen-bond donors (Lipinski definition) is 2. The van der Waals surface area contributed by atoms with E-state index in [0.29, 0.717) is 17.8 Å². The first-order chi connectivity index (χ1) is 8.10. The molecule has 0 spiro atoms. The molecule has 1 fully saturated rings. The predicted molar refractivity (Wildman–Crippen MR) is 71.7 cm³/mol. The molecular formula is C13H21N3O. The van der Waals surface area contributed by atoms with Crippen LogP contribution in [0.4, 0.5) is 11.4 Å². The zero-order valence-electron chi connectivity index (χ0n) is 10.7. The molecule has 0 aliphatic carbocycles. The maximum absolute atomic E-state index is 5.94. The van der Waals surface area contributed by atoms with Crippen LogP contribution in [0.5, 0.6) is 5.75 Å². The van der Waals surface area contributed by atoms with Crippen LogP contribution >= 0.6 is 0 Å². The third kappa shape index (κ3) is 2.64. The molecule has 1 heterocycles. The molecule has 1 aliphatic rings. The Hall–Kier alpha value is -1.42. The summed E-state index contributed by atoms with van der Waals surface area (Å²) in [5.74, 6) is 0.741. The summed E-state index contributed by atoms with van der Waals surface area (Å²) in [5.41, 5.74) is 7.81. The Kier molecular flexibility index (Phi) is 3.43. The van der Waals surface area contributed by atoms with Crippen LogP contribution < -0.4 is 20.7 Å². The third-order valence-corrected chi connectivity index (χ3v) is 3.14. The van der Waals surface area contributed by atoms with Crippen molar-refractivity contribution in [1.29, 1.82) is 0 Å². The van der Waals surface area contributed by atoms with Gasteiger partial charge in [0.05, 0.1) is 12.8 Å². The van der Waals surface area contributed by atoms with Gasteiger partial charge in [0.25, 0.3) is 0 Å². The summed E-state index contributed by atoms with van der Waals surface area (Å²) >= 11 is 0. The van der Waals surface area contributed by atoms with Crippen molar-refractivity contribution in [1.82, 2.24) is 5.32 Å². The van der Waals surface area contributed by atoms with Gasteiger partial charge < -0.3 is 20.7 Å². The molecule has 4 heteroatoms. The van der Waals surface area contributed by atoms with Crippen LogP contribution in [0.25, 0.3) is 0 Å². The Labute approximate surface area is 103 Å². The largest absolute Gasteiger partial charge is 0.495 e. The van der Waals surface area contributed by atoms with Gasteiger partial charge in [0.15, 0.2) is 0 Å². The van der Waals surface area contributed by atoms with Crippen molar-refractivity contribution >= 4 is 11.4 Å². The second kappa shape index (κ2) is 4.84. The molecule has 3 N–H and O–H groups in total. The lowest BCUT2D eigenvalue weighted by Crippen LogP contribution is -2.54. The number of rotatable bonds is 2. The monoisotopic (exact) mass is 235 g/mol. The lowest BCUT2D eigenvalue weighted by atomic mass is 10.1. The number of methoxy groups -OCH3 is 1. The van der Waals surface area contributed by atoms with Crippen molar-refractivity contribution in [3.63, 3.8) is 0 Å². The number of ether oxygens (including phenoxy) is 1. The van der Waals surface area contributed by atoms with Crippen molar-refractivity contribution < 1.29 is 4.74 Å². The average Bonchev–Trinajstić information content (AvgIpc) is 2.27. The van der Waals surface area contributed by atoms with E-state index < -0.39 is 0 Å². The minimum atomic E-state index is 0.502. The van der Waals surface area contributed by atoms with Gasteiger partial charge in [-0.05, 0) is 32.0 Å². The third-order valence-electron chi connectivity index (χ3n) is 3.14. The Morgan fingerprint density at radius 2 is 1.94 bits per heavy atom. The van der Waals surface area contributed by atoms with Crippen molar-refractivity contribution in [2.75, 3.05) is 30.8 Å². The number of nitrogens with one attached hydrogen (secondary N) is 1. The molecular weight excluding hydrogens is 214 g/mol. The molecule has 2 atom stereocenters. The number of piperazine rings is 1. The standard InChI is InChI=1S/C13H21N3O/c1-9-7-16(8-10(2)15-9)11-4-5-13(17-3)12(14)6-11/h4-6,9-10,15H,7-8,14H2,1-3H3. The maximum Gasteiger partial charge on any atom is 0.141 e. The topological polar surface area (TPSA) is 50.5 Å². The van der Waals surface area contributed by atoms with Gasteiger partial charge in [-0.2, -0.15) is 0 Å². The summed E-state index contributed by atoms with van der Waals surface area (Å²) in [6.07, 6.45) is 0. The molecule has 2 unspecified atom stereocenters. The van der Waals surface area contributed by atoms with Crippen molar-refractivity contribution in [3.05, 3.63) is 18.2 Å². The summed E-state index contributed by atoms with van der Waals surface area (Å²) in [6.45, 7) is 6.43. The molecule has 17 heavy (non-hydrogen) atoms. The Morgan fingerprint density at radius 1 is 1.29 bits per heavy atom. The first kappa shape index (κ1) is 12.0. The highest BCUT2D eigenvalue weighted by molar-refractivity contribution is 5.63. The summed E-state index contributed by atoms with van der Waals surface area (Å²) < 4.78 is 5.17. The fourth-order valence-corrected chi connectivity index (χ4v) is 2.46. The first-order valence-electron chi connectivity index (χ1n) is 6.04. The zero-order valence-corrected chi connectivity index (χ0v) is 10.7. The van der Waals surface area contributed by atoms with Gasteiger partial charge in [-0.15, -0.1) is 0 Å². The zero-order chi connectivity index (χ0) is 12.4. The van der Waals surface area contributed by atoms with Crippen LogP contribution in [-0.2, 0) is 0 Å². The van der Waals surface area contributed by atoms with Gasteiger partial charge in [0.2, 0.25) is 0 Å². The van der Waals surface area contributed by atoms with E-state index in [1.807, 2.05) is 12.1 Å². The van der Waals surface area contributed by atoms with Crippen LogP contribution in [0.1, 0.15) is 13.8 Å². The van der Waals surface area contributed by atoms with Crippen LogP contribution in [-0.4, -0.2) is 32.3 Å². The number of benzene rings is 1. The van der Waals surface area contributed by atoms with E-state index in [4.69, 9.17) is 10.5 Å². The van der Waals surface area contributed by atoms with E-state index in [-0.39, 0.29) is 0 Å². The molecule has 0 radical (unpaired) electrons. The van der Waals surface area contributed by atoms with Crippen LogP contribution in [0.2, 0.25) is 0 Å². The Bertz CT molecular complexity index is 384. The van der Waals surface area contributed by atoms with Crippen LogP contribution in [0.15, 0.2) is 18.2 Å². The van der Waals surface area contributed by atoms with Gasteiger partial charge in [0, 0.05) is 30.9 Å². The molecule has 0 aromatic heterocycles. The molecule has 1 aliphatic heterocycles. The Balaban J connectivity index is 2.19. The minimum absolute atomic E-state index is 0.502. The van der Waals surface area contributed by atoms with Crippen LogP contribution in [0.3, 0.4) is 0 Å². The molecule has 94 valence electrons. The molecule has 1 aromatic rings. The summed E-state index contributed by atoms with van der Waals surface area (Å²) in [6, 6.07) is 7.00. The SMILES string of the molecule is COc1ccc(N2CC(C)NC(C)C2)cc1N. The minimum Gasteiger partial charge on any atom is -0.495 e. The van der Waals surface area contributed by atoms with E-state index in [0.717, 1.165) is 18.8 Å². The van der Waals surface area contributed by atoms with Gasteiger partial charge in [0.1, 0.15) is 5.75 Å². The lowest BCUT2D eigenvalue weighted by Gasteiger charge is -2.37. The number of anilines is 2. The lowest BCUT2D eigenvalue weighted by molar-refractivity contribution is 0.406. The second-order valence-corrected chi connectivity index (χ2v) is 4.80. The van der Waals surface area contributed by atoms with Crippen molar-refractivity contribution in [2.24, 2.45) is 0 Å². The predicted octanol–water partition coefficient (Wildman–Crippen LogP) is 1.46. The highest BCUT2D eigenvalue weighted by Gasteiger charge is 2.21. The molecule has 1 saturated heterocycles. The summed E-state index contributed by atoms with van der Waals surface area (Å²) in [4.78, 5) is 2.36. The number of nitrogens with zero attached hydrogens (tertiary/aromatic N) is 1. The van der Waals surface area contributed by atoms with E-state index in [1.54, 1.807) is 7.11 Å². The van der Waals surface area contributed by atoms with E-state index >= 15 is 0 Å². The Morgan fingerprint density at radius 3 is 2.47 bits per heavy atom. The maximum atomic E-state index is 5.94. The normalized spacial score (nSPS) is 24.8. The van der Waals surface area contributed by atoms with Gasteiger partial charge in [-0.3, -0.25) is 0 Å². The quantitative estimate of drug-likeness (QED) is 0.762. The summed E-state index contributed by atoms with van der Waals surface area (Å²) in [7, 11) is 1.64. The van der Waals surface area contributed by atoms with E-state index in [1.165, 1.54) is 5.69 Å². The van der Waals surface area contributed by atoms with Gasteiger partial charge >= 0.3 is 0 Å². The number of hydrogen-bond acceptors (Lipinski definition) is 4. The number of nitrogen functional groups attached to an aromatic ring is 1.